The molecule has 0 fully saturated rings. The summed E-state index contributed by atoms with van der Waals surface area (Å²) in [6.45, 7) is 0. The van der Waals surface area contributed by atoms with E-state index < -0.39 is 0 Å². The van der Waals surface area contributed by atoms with Crippen LogP contribution in [0.25, 0.3) is 52.8 Å². The number of benzene rings is 7. The topological polar surface area (TPSA) is 9.23 Å². The van der Waals surface area contributed by atoms with Gasteiger partial charge in [0.2, 0.25) is 0 Å². The first-order chi connectivity index (χ1) is 20.3. The Morgan fingerprint density at radius 3 is 1.68 bits per heavy atom. The van der Waals surface area contributed by atoms with E-state index in [1.807, 2.05) is 11.3 Å². The fourth-order valence-corrected chi connectivity index (χ4v) is 7.84. The van der Waals surface area contributed by atoms with Gasteiger partial charge in [-0.05, 0) is 62.5 Å². The molecule has 0 bridgehead atoms. The Labute approximate surface area is 241 Å². The fourth-order valence-electron chi connectivity index (χ4n) is 6.69. The Hall–Kier alpha value is -4.92. The maximum absolute atomic E-state index is 6.61. The lowest BCUT2D eigenvalue weighted by Gasteiger charge is -2.31. The van der Waals surface area contributed by atoms with Crippen molar-refractivity contribution in [3.63, 3.8) is 0 Å². The van der Waals surface area contributed by atoms with Crippen LogP contribution in [0.3, 0.4) is 0 Å². The molecule has 0 amide bonds. The molecule has 9 rings (SSSR count). The Kier molecular flexibility index (Phi) is 4.90. The highest BCUT2D eigenvalue weighted by Crippen LogP contribution is 2.52. The monoisotopic (exact) mass is 540 g/mol. The summed E-state index contributed by atoms with van der Waals surface area (Å²) in [5.74, 6) is 1.94. The largest absolute Gasteiger partial charge is 0.457 e. The van der Waals surface area contributed by atoms with Crippen LogP contribution < -0.4 is 4.74 Å². The van der Waals surface area contributed by atoms with Gasteiger partial charge in [-0.1, -0.05) is 115 Å². The second kappa shape index (κ2) is 8.79. The summed E-state index contributed by atoms with van der Waals surface area (Å²) in [5, 5.41) is 7.63. The van der Waals surface area contributed by atoms with E-state index in [-0.39, 0.29) is 5.92 Å². The molecule has 0 spiro atoms. The summed E-state index contributed by atoms with van der Waals surface area (Å²) in [7, 11) is 0. The Balaban J connectivity index is 1.23. The molecule has 0 saturated heterocycles. The van der Waals surface area contributed by atoms with Gasteiger partial charge in [0, 0.05) is 37.2 Å². The van der Waals surface area contributed by atoms with Crippen molar-refractivity contribution in [3.05, 3.63) is 156 Å². The molecule has 41 heavy (non-hydrogen) atoms. The van der Waals surface area contributed by atoms with Crippen LogP contribution in [0.4, 0.5) is 0 Å². The third-order valence-electron chi connectivity index (χ3n) is 8.61. The lowest BCUT2D eigenvalue weighted by Crippen LogP contribution is -2.13. The van der Waals surface area contributed by atoms with Crippen LogP contribution in [0.5, 0.6) is 11.5 Å². The smallest absolute Gasteiger partial charge is 0.132 e. The first-order valence-corrected chi connectivity index (χ1v) is 14.9. The Bertz CT molecular complexity index is 2210. The van der Waals surface area contributed by atoms with Crippen molar-refractivity contribution in [3.8, 4) is 22.6 Å². The molecule has 192 valence electrons. The van der Waals surface area contributed by atoms with E-state index in [0.29, 0.717) is 0 Å². The van der Waals surface area contributed by atoms with E-state index in [1.165, 1.54) is 69.5 Å². The average molecular weight is 541 g/mol. The average Bonchev–Trinajstić information content (AvgIpc) is 3.41. The quantitative estimate of drug-likeness (QED) is 0.212. The van der Waals surface area contributed by atoms with Crippen molar-refractivity contribution >= 4 is 53.1 Å². The molecule has 0 aliphatic carbocycles. The van der Waals surface area contributed by atoms with E-state index in [9.17, 15) is 0 Å². The molecule has 2 heterocycles. The molecule has 0 atom stereocenters. The van der Waals surface area contributed by atoms with Crippen LogP contribution in [0, 0.1) is 0 Å². The molecule has 7 aromatic carbocycles. The maximum atomic E-state index is 6.61. The summed E-state index contributed by atoms with van der Waals surface area (Å²) < 4.78 is 9.28. The van der Waals surface area contributed by atoms with Gasteiger partial charge >= 0.3 is 0 Å². The molecular weight excluding hydrogens is 516 g/mol. The molecule has 0 radical (unpaired) electrons. The molecule has 1 nitrogen and oxygen atoms in total. The fraction of sp³-hybridized carbons (Fsp3) is 0.0256. The van der Waals surface area contributed by atoms with Crippen molar-refractivity contribution in [2.45, 2.75) is 5.92 Å². The van der Waals surface area contributed by atoms with Crippen LogP contribution in [0.1, 0.15) is 22.6 Å². The highest BCUT2D eigenvalue weighted by Gasteiger charge is 2.32. The van der Waals surface area contributed by atoms with Crippen molar-refractivity contribution in [1.29, 1.82) is 0 Å². The maximum Gasteiger partial charge on any atom is 0.132 e. The zero-order chi connectivity index (χ0) is 26.9. The summed E-state index contributed by atoms with van der Waals surface area (Å²) in [6, 6.07) is 50.7. The van der Waals surface area contributed by atoms with Gasteiger partial charge in [-0.25, -0.2) is 0 Å². The van der Waals surface area contributed by atoms with Gasteiger partial charge in [0.05, 0.1) is 0 Å². The van der Waals surface area contributed by atoms with Gasteiger partial charge in [-0.3, -0.25) is 0 Å². The first-order valence-electron chi connectivity index (χ1n) is 14.0. The van der Waals surface area contributed by atoms with E-state index in [0.717, 1.165) is 11.5 Å². The van der Waals surface area contributed by atoms with Gasteiger partial charge < -0.3 is 4.74 Å². The number of rotatable bonds is 2. The van der Waals surface area contributed by atoms with Crippen LogP contribution in [0.15, 0.2) is 140 Å². The second-order valence-electron chi connectivity index (χ2n) is 10.9. The van der Waals surface area contributed by atoms with Crippen LogP contribution in [-0.2, 0) is 0 Å². The van der Waals surface area contributed by atoms with Gasteiger partial charge in [-0.15, -0.1) is 11.3 Å². The minimum atomic E-state index is 0.0603. The molecule has 0 N–H and O–H groups in total. The highest BCUT2D eigenvalue weighted by atomic mass is 32.1. The predicted octanol–water partition coefficient (Wildman–Crippen LogP) is 11.3. The zero-order valence-electron chi connectivity index (χ0n) is 22.2. The normalized spacial score (nSPS) is 13.0. The second-order valence-corrected chi connectivity index (χ2v) is 11.9. The lowest BCUT2D eigenvalue weighted by atomic mass is 9.78. The van der Waals surface area contributed by atoms with Crippen molar-refractivity contribution in [2.24, 2.45) is 0 Å². The summed E-state index contributed by atoms with van der Waals surface area (Å²) in [6.07, 6.45) is 0. The summed E-state index contributed by atoms with van der Waals surface area (Å²) >= 11 is 1.87. The molecular formula is C39H24OS. The van der Waals surface area contributed by atoms with E-state index in [1.54, 1.807) is 0 Å². The lowest BCUT2D eigenvalue weighted by molar-refractivity contribution is 0.456. The molecule has 8 aromatic rings. The number of hydrogen-bond donors (Lipinski definition) is 0. The number of hydrogen-bond acceptors (Lipinski definition) is 2. The zero-order valence-corrected chi connectivity index (χ0v) is 23.0. The Morgan fingerprint density at radius 2 is 1.00 bits per heavy atom. The number of thiophene rings is 1. The van der Waals surface area contributed by atoms with Gasteiger partial charge in [0.1, 0.15) is 11.5 Å². The first kappa shape index (κ1) is 22.9. The standard InChI is InChI=1S/C39H24OS/c1-3-9-29-25(7-1)18-21-33-38(29)37(39-30-10-4-2-8-26(30)19-22-34(39)40-33)27-15-13-24(14-16-27)28-17-20-32-31-11-5-6-12-35(31)41-36(32)23-28/h1-23,37H. The van der Waals surface area contributed by atoms with Crippen molar-refractivity contribution in [1.82, 2.24) is 0 Å². The van der Waals surface area contributed by atoms with E-state index >= 15 is 0 Å². The highest BCUT2D eigenvalue weighted by molar-refractivity contribution is 7.25. The summed E-state index contributed by atoms with van der Waals surface area (Å²) in [5.41, 5.74) is 6.24. The van der Waals surface area contributed by atoms with Gasteiger partial charge in [0.15, 0.2) is 0 Å². The van der Waals surface area contributed by atoms with Crippen LogP contribution in [-0.4, -0.2) is 0 Å². The minimum Gasteiger partial charge on any atom is -0.457 e. The molecule has 1 aliphatic heterocycles. The van der Waals surface area contributed by atoms with E-state index in [2.05, 4.69) is 140 Å². The third kappa shape index (κ3) is 3.48. The molecule has 2 heteroatoms. The van der Waals surface area contributed by atoms with E-state index in [4.69, 9.17) is 4.74 Å². The van der Waals surface area contributed by atoms with Gasteiger partial charge in [0.25, 0.3) is 0 Å². The predicted molar refractivity (Wildman–Crippen MR) is 174 cm³/mol. The van der Waals surface area contributed by atoms with Crippen molar-refractivity contribution in [2.75, 3.05) is 0 Å². The molecule has 0 saturated carbocycles. The summed E-state index contributed by atoms with van der Waals surface area (Å²) in [4.78, 5) is 0. The minimum absolute atomic E-state index is 0.0603. The van der Waals surface area contributed by atoms with Crippen LogP contribution >= 0.6 is 11.3 Å². The third-order valence-corrected chi connectivity index (χ3v) is 9.75. The van der Waals surface area contributed by atoms with Crippen LogP contribution in [0.2, 0.25) is 0 Å². The number of fused-ring (bicyclic) bond motifs is 9. The molecule has 1 aromatic heterocycles. The Morgan fingerprint density at radius 1 is 0.439 bits per heavy atom. The molecule has 0 unspecified atom stereocenters. The number of ether oxygens (including phenoxy) is 1. The van der Waals surface area contributed by atoms with Gasteiger partial charge in [-0.2, -0.15) is 0 Å². The SMILES string of the molecule is c1ccc2c3c(ccc2c1)Oc1ccc2ccccc2c1C3c1ccc(-c2ccc3c(c2)sc2ccccc23)cc1. The van der Waals surface area contributed by atoms with Crippen molar-refractivity contribution < 1.29 is 4.74 Å². The molecule has 1 aliphatic rings.